The number of primary amides is 1. The number of Topliss-reactive ketones (excluding diaryl/α,β-unsaturated/α-hetero) is 4. The van der Waals surface area contributed by atoms with Crippen LogP contribution in [0.15, 0.2) is 36.4 Å². The molecule has 13 nitrogen and oxygen atoms in total. The zero-order chi connectivity index (χ0) is 33.0. The topological polar surface area (TPSA) is 210 Å². The number of nitrogens with one attached hydrogen (secondary N) is 1. The van der Waals surface area contributed by atoms with Crippen LogP contribution in [0.3, 0.4) is 0 Å². The van der Waals surface area contributed by atoms with Gasteiger partial charge in [0, 0.05) is 11.5 Å². The van der Waals surface area contributed by atoms with Crippen LogP contribution < -0.4 is 11.1 Å². The van der Waals surface area contributed by atoms with Gasteiger partial charge in [-0.05, 0) is 74.7 Å². The minimum Gasteiger partial charge on any atom is -0.507 e. The molecular formula is C32H33N3O10. The predicted molar refractivity (Wildman–Crippen MR) is 156 cm³/mol. The van der Waals surface area contributed by atoms with Crippen molar-refractivity contribution in [3.8, 4) is 16.9 Å². The summed E-state index contributed by atoms with van der Waals surface area (Å²) >= 11 is 0. The molecule has 236 valence electrons. The Kier molecular flexibility index (Phi) is 8.19. The van der Waals surface area contributed by atoms with E-state index in [1.165, 1.54) is 31.1 Å². The fourth-order valence-corrected chi connectivity index (χ4v) is 7.17. The standard InChI is InChI=1S/C32H33N3O10/c1-4-45-21(37)13-34-31(43)15-7-5-6-14(10-15)17-8-9-20(36)23-18(17)11-16-12-19-25(35(2)3)27(39)24(30(33)42)29(41)32(19,44)28(40)22(16)26(23)38/h5-10,16,19,22,24-25,36,44H,4,11-13H2,1-3H3,(H2,33,42)(H,34,43)/t16-,19-,22?,24?,25-,32-/m0/s1. The molecule has 2 unspecified atom stereocenters. The van der Waals surface area contributed by atoms with Crippen LogP contribution >= 0.6 is 0 Å². The Morgan fingerprint density at radius 1 is 1.09 bits per heavy atom. The normalized spacial score (nSPS) is 27.4. The summed E-state index contributed by atoms with van der Waals surface area (Å²) in [6.45, 7) is 1.48. The van der Waals surface area contributed by atoms with Gasteiger partial charge in [-0.2, -0.15) is 0 Å². The zero-order valence-electron chi connectivity index (χ0n) is 24.9. The number of nitrogens with two attached hydrogens (primary N) is 1. The first-order valence-electron chi connectivity index (χ1n) is 14.5. The molecule has 5 rings (SSSR count). The summed E-state index contributed by atoms with van der Waals surface area (Å²) in [7, 11) is 3.03. The minimum absolute atomic E-state index is 0.0643. The summed E-state index contributed by atoms with van der Waals surface area (Å²) in [4.78, 5) is 92.7. The van der Waals surface area contributed by atoms with Gasteiger partial charge in [-0.25, -0.2) is 0 Å². The highest BCUT2D eigenvalue weighted by atomic mass is 16.5. The van der Waals surface area contributed by atoms with E-state index in [9.17, 15) is 43.8 Å². The summed E-state index contributed by atoms with van der Waals surface area (Å²) < 4.78 is 4.83. The number of esters is 1. The number of hydrogen-bond acceptors (Lipinski definition) is 11. The van der Waals surface area contributed by atoms with Crippen LogP contribution in [-0.4, -0.2) is 94.9 Å². The van der Waals surface area contributed by atoms with Gasteiger partial charge in [-0.3, -0.25) is 38.5 Å². The molecule has 2 fully saturated rings. The molecule has 0 radical (unpaired) electrons. The molecule has 0 heterocycles. The second kappa shape index (κ2) is 11.6. The predicted octanol–water partition coefficient (Wildman–Crippen LogP) is -0.173. The maximum absolute atomic E-state index is 14.0. The fourth-order valence-electron chi connectivity index (χ4n) is 7.17. The first-order valence-corrected chi connectivity index (χ1v) is 14.5. The molecule has 13 heteroatoms. The second-order valence-electron chi connectivity index (χ2n) is 11.8. The highest BCUT2D eigenvalue weighted by Gasteiger charge is 2.69. The number of ketones is 4. The van der Waals surface area contributed by atoms with Crippen molar-refractivity contribution in [2.45, 2.75) is 31.4 Å². The van der Waals surface area contributed by atoms with Crippen molar-refractivity contribution in [2.75, 3.05) is 27.2 Å². The molecule has 2 aromatic rings. The monoisotopic (exact) mass is 619 g/mol. The zero-order valence-corrected chi connectivity index (χ0v) is 24.9. The summed E-state index contributed by atoms with van der Waals surface area (Å²) in [5.74, 6) is -12.5. The number of carbonyl (C=O) groups is 7. The van der Waals surface area contributed by atoms with Gasteiger partial charge in [0.2, 0.25) is 5.91 Å². The number of phenols is 1. The Morgan fingerprint density at radius 3 is 2.44 bits per heavy atom. The van der Waals surface area contributed by atoms with E-state index in [-0.39, 0.29) is 37.1 Å². The number of benzene rings is 2. The molecule has 2 amide bonds. The van der Waals surface area contributed by atoms with Crippen molar-refractivity contribution in [2.24, 2.45) is 29.4 Å². The van der Waals surface area contributed by atoms with Crippen LogP contribution in [0.25, 0.3) is 11.1 Å². The van der Waals surface area contributed by atoms with Crippen LogP contribution in [0.4, 0.5) is 0 Å². The van der Waals surface area contributed by atoms with Crippen molar-refractivity contribution < 1.29 is 48.5 Å². The van der Waals surface area contributed by atoms with E-state index in [4.69, 9.17) is 10.5 Å². The molecule has 2 saturated carbocycles. The second-order valence-corrected chi connectivity index (χ2v) is 11.8. The van der Waals surface area contributed by atoms with E-state index in [0.29, 0.717) is 16.7 Å². The first-order chi connectivity index (χ1) is 21.2. The highest BCUT2D eigenvalue weighted by Crippen LogP contribution is 2.51. The number of aromatic hydroxyl groups is 1. The number of nitrogens with zero attached hydrogens (tertiary/aromatic N) is 1. The van der Waals surface area contributed by atoms with Gasteiger partial charge in [0.1, 0.15) is 12.3 Å². The third-order valence-electron chi connectivity index (χ3n) is 9.08. The van der Waals surface area contributed by atoms with Crippen molar-refractivity contribution >= 4 is 40.9 Å². The maximum Gasteiger partial charge on any atom is 0.325 e. The number of rotatable bonds is 7. The molecule has 5 N–H and O–H groups in total. The molecule has 0 aliphatic heterocycles. The number of phenolic OH excluding ortho intramolecular Hbond substituents is 1. The number of amides is 2. The van der Waals surface area contributed by atoms with Crippen molar-refractivity contribution in [1.82, 2.24) is 10.2 Å². The van der Waals surface area contributed by atoms with Gasteiger partial charge in [0.25, 0.3) is 5.91 Å². The van der Waals surface area contributed by atoms with Crippen LogP contribution in [0.2, 0.25) is 0 Å². The molecule has 45 heavy (non-hydrogen) atoms. The maximum atomic E-state index is 14.0. The van der Waals surface area contributed by atoms with Gasteiger partial charge in [0.15, 0.2) is 34.7 Å². The number of likely N-dealkylation sites (N-methyl/N-ethyl adjacent to an activating group) is 1. The number of fused-ring (bicyclic) bond motifs is 3. The Hall–Kier alpha value is -4.75. The van der Waals surface area contributed by atoms with E-state index in [2.05, 4.69) is 5.32 Å². The SMILES string of the molecule is CCOC(=O)CNC(=O)c1cccc(-c2ccc(O)c3c2C[C@H]2C[C@H]4[C@H](N(C)C)C(=O)C(C(N)=O)C(=O)[C@@]4(O)C(=O)C2C3=O)c1. The van der Waals surface area contributed by atoms with Crippen molar-refractivity contribution in [3.05, 3.63) is 53.1 Å². The van der Waals surface area contributed by atoms with Gasteiger partial charge in [-0.1, -0.05) is 18.2 Å². The summed E-state index contributed by atoms with van der Waals surface area (Å²) in [6, 6.07) is 8.05. The van der Waals surface area contributed by atoms with Gasteiger partial charge < -0.3 is 26.0 Å². The van der Waals surface area contributed by atoms with E-state index in [0.717, 1.165) is 0 Å². The Balaban J connectivity index is 1.55. The molecule has 0 bridgehead atoms. The lowest BCUT2D eigenvalue weighted by molar-refractivity contribution is -0.181. The average molecular weight is 620 g/mol. The average Bonchev–Trinajstić information content (AvgIpc) is 2.97. The third kappa shape index (κ3) is 5.01. The minimum atomic E-state index is -2.81. The fraction of sp³-hybridized carbons (Fsp3) is 0.406. The molecule has 0 saturated heterocycles. The molecular weight excluding hydrogens is 586 g/mol. The molecule has 0 aromatic heterocycles. The summed E-state index contributed by atoms with van der Waals surface area (Å²) in [6.07, 6.45) is -0.0237. The number of aliphatic hydroxyl groups is 1. The molecule has 2 aromatic carbocycles. The van der Waals surface area contributed by atoms with Gasteiger partial charge >= 0.3 is 5.97 Å². The number of carbonyl (C=O) groups excluding carboxylic acids is 7. The quantitative estimate of drug-likeness (QED) is 0.236. The molecule has 3 aliphatic rings. The largest absolute Gasteiger partial charge is 0.507 e. The molecule has 3 aliphatic carbocycles. The Bertz CT molecular complexity index is 1670. The lowest BCUT2D eigenvalue weighted by Crippen LogP contribution is -2.74. The van der Waals surface area contributed by atoms with E-state index in [1.807, 2.05) is 0 Å². The Morgan fingerprint density at radius 2 is 1.80 bits per heavy atom. The van der Waals surface area contributed by atoms with Crippen molar-refractivity contribution in [3.63, 3.8) is 0 Å². The first kappa shape index (κ1) is 31.7. The van der Waals surface area contributed by atoms with Crippen LogP contribution in [0, 0.1) is 23.7 Å². The van der Waals surface area contributed by atoms with Crippen LogP contribution in [0.1, 0.15) is 39.6 Å². The van der Waals surface area contributed by atoms with Crippen LogP contribution in [0.5, 0.6) is 5.75 Å². The van der Waals surface area contributed by atoms with Gasteiger partial charge in [0.05, 0.1) is 24.1 Å². The van der Waals surface area contributed by atoms with E-state index < -0.39 is 82.0 Å². The van der Waals surface area contributed by atoms with E-state index >= 15 is 0 Å². The summed E-state index contributed by atoms with van der Waals surface area (Å²) in [5.41, 5.74) is 4.01. The Labute approximate surface area is 257 Å². The van der Waals surface area contributed by atoms with Crippen LogP contribution in [-0.2, 0) is 35.1 Å². The smallest absolute Gasteiger partial charge is 0.325 e. The van der Waals surface area contributed by atoms with Gasteiger partial charge in [-0.15, -0.1) is 0 Å². The molecule has 6 atom stereocenters. The number of ether oxygens (including phenoxy) is 1. The lowest BCUT2D eigenvalue weighted by Gasteiger charge is -2.52. The molecule has 0 spiro atoms. The highest BCUT2D eigenvalue weighted by molar-refractivity contribution is 6.32. The van der Waals surface area contributed by atoms with E-state index in [1.54, 1.807) is 31.2 Å². The lowest BCUT2D eigenvalue weighted by atomic mass is 9.52. The third-order valence-corrected chi connectivity index (χ3v) is 9.08. The number of hydrogen-bond donors (Lipinski definition) is 4. The summed E-state index contributed by atoms with van der Waals surface area (Å²) in [5, 5.41) is 25.0. The van der Waals surface area contributed by atoms with Crippen molar-refractivity contribution in [1.29, 1.82) is 0 Å².